The van der Waals surface area contributed by atoms with Crippen LogP contribution in [0.3, 0.4) is 0 Å². The number of nitrogens with one attached hydrogen (secondary N) is 3. The lowest BCUT2D eigenvalue weighted by Gasteiger charge is -2.44. The largest absolute Gasteiger partial charge is 0.457 e. The van der Waals surface area contributed by atoms with E-state index in [1.165, 1.54) is 12.5 Å². The molecule has 2 aliphatic rings. The van der Waals surface area contributed by atoms with Gasteiger partial charge in [-0.3, -0.25) is 9.59 Å². The second-order valence-electron chi connectivity index (χ2n) is 13.8. The quantitative estimate of drug-likeness (QED) is 0.221. The van der Waals surface area contributed by atoms with Gasteiger partial charge in [-0.05, 0) is 111 Å². The minimum absolute atomic E-state index is 0.0594. The Balaban J connectivity index is 1.67. The maximum Gasteiger partial charge on any atom is 0.457 e. The predicted molar refractivity (Wildman–Crippen MR) is 163 cm³/mol. The van der Waals surface area contributed by atoms with Crippen LogP contribution in [-0.2, 0) is 25.4 Å². The number of rotatable bonds is 11. The Morgan fingerprint density at radius 3 is 2.05 bits per heavy atom. The molecule has 0 aromatic heterocycles. The first-order valence-electron chi connectivity index (χ1n) is 15.0. The summed E-state index contributed by atoms with van der Waals surface area (Å²) < 4.78 is 12.4. The van der Waals surface area contributed by atoms with Crippen LogP contribution in [0.1, 0.15) is 106 Å². The summed E-state index contributed by atoms with van der Waals surface area (Å²) in [6, 6.07) is 8.29. The maximum absolute atomic E-state index is 14.0. The molecule has 1 aromatic rings. The van der Waals surface area contributed by atoms with Gasteiger partial charge in [-0.15, -0.1) is 0 Å². The van der Waals surface area contributed by atoms with Crippen LogP contribution in [0.4, 0.5) is 0 Å². The average molecular weight is 576 g/mol. The van der Waals surface area contributed by atoms with Crippen molar-refractivity contribution in [2.24, 2.45) is 5.92 Å². The number of unbranched alkanes of at least 4 members (excludes halogenated alkanes) is 1. The fraction of sp³-hybridized carbons (Fsp3) is 0.742. The molecule has 2 amide bonds. The number of benzene rings is 1. The van der Waals surface area contributed by atoms with Gasteiger partial charge < -0.3 is 25.3 Å². The Bertz CT molecular complexity index is 987. The molecule has 0 bridgehead atoms. The number of carbonyl (C=O) groups is 2. The molecule has 3 rings (SSSR count). The summed E-state index contributed by atoms with van der Waals surface area (Å²) in [6.07, 6.45) is 6.62. The van der Waals surface area contributed by atoms with Crippen LogP contribution >= 0.6 is 11.6 Å². The zero-order chi connectivity index (χ0) is 29.8. The lowest BCUT2D eigenvalue weighted by atomic mass is 9.69. The van der Waals surface area contributed by atoms with Crippen molar-refractivity contribution in [3.63, 3.8) is 0 Å². The Morgan fingerprint density at radius 2 is 1.52 bits per heavy atom. The van der Waals surface area contributed by atoms with Crippen LogP contribution in [-0.4, -0.2) is 47.3 Å². The van der Waals surface area contributed by atoms with Crippen LogP contribution in [0, 0.1) is 5.92 Å². The first-order chi connectivity index (χ1) is 18.5. The molecule has 3 N–H and O–H groups in total. The van der Waals surface area contributed by atoms with Crippen molar-refractivity contribution in [2.75, 3.05) is 0 Å². The summed E-state index contributed by atoms with van der Waals surface area (Å²) in [5, 5.41) is 10.8. The fourth-order valence-electron chi connectivity index (χ4n) is 5.94. The van der Waals surface area contributed by atoms with Crippen LogP contribution in [0.25, 0.3) is 0 Å². The normalized spacial score (nSPS) is 23.9. The highest BCUT2D eigenvalue weighted by molar-refractivity contribution is 6.45. The van der Waals surface area contributed by atoms with Crippen molar-refractivity contribution in [1.82, 2.24) is 16.0 Å². The maximum atomic E-state index is 14.0. The van der Waals surface area contributed by atoms with Gasteiger partial charge in [0.1, 0.15) is 5.54 Å². The summed E-state index contributed by atoms with van der Waals surface area (Å²) in [4.78, 5) is 26.5. The van der Waals surface area contributed by atoms with E-state index in [0.29, 0.717) is 12.5 Å². The third kappa shape index (κ3) is 8.70. The summed E-state index contributed by atoms with van der Waals surface area (Å²) in [7, 11) is -0.259. The molecular formula is C31H51BClN3O4. The molecule has 1 atom stereocenters. The van der Waals surface area contributed by atoms with Gasteiger partial charge in [0, 0.05) is 30.1 Å². The summed E-state index contributed by atoms with van der Waals surface area (Å²) in [5.41, 5.74) is -0.864. The first kappa shape index (κ1) is 32.9. The molecule has 1 heterocycles. The van der Waals surface area contributed by atoms with Crippen molar-refractivity contribution in [2.45, 2.75) is 142 Å². The Morgan fingerprint density at radius 1 is 0.950 bits per heavy atom. The van der Waals surface area contributed by atoms with Gasteiger partial charge in [-0.1, -0.05) is 36.6 Å². The van der Waals surface area contributed by atoms with Crippen molar-refractivity contribution >= 4 is 30.5 Å². The second kappa shape index (κ2) is 13.1. The zero-order valence-corrected chi connectivity index (χ0v) is 26.7. The molecule has 1 saturated heterocycles. The van der Waals surface area contributed by atoms with Gasteiger partial charge >= 0.3 is 7.12 Å². The van der Waals surface area contributed by atoms with Gasteiger partial charge in [-0.25, -0.2) is 0 Å². The predicted octanol–water partition coefficient (Wildman–Crippen LogP) is 6.04. The molecule has 0 spiro atoms. The molecule has 40 heavy (non-hydrogen) atoms. The number of hydrogen-bond acceptors (Lipinski definition) is 5. The van der Waals surface area contributed by atoms with E-state index in [1.54, 1.807) is 0 Å². The molecule has 1 aliphatic heterocycles. The van der Waals surface area contributed by atoms with E-state index < -0.39 is 11.1 Å². The van der Waals surface area contributed by atoms with E-state index in [0.717, 1.165) is 56.4 Å². The number of halogens is 1. The minimum Gasteiger partial charge on any atom is -0.403 e. The van der Waals surface area contributed by atoms with Crippen molar-refractivity contribution in [3.8, 4) is 0 Å². The SMILES string of the molecule is CC(=O)N[C@](CCCCB1OC(C)(C)C(C)(C)O1)(C(=O)NC(C)(C)C)[C@H]1CC[C@H](NCc2ccc(Cl)cc2)CC1. The van der Waals surface area contributed by atoms with Gasteiger partial charge in [0.15, 0.2) is 0 Å². The molecule has 0 unspecified atom stereocenters. The summed E-state index contributed by atoms with van der Waals surface area (Å²) >= 11 is 6.03. The van der Waals surface area contributed by atoms with Gasteiger partial charge in [-0.2, -0.15) is 0 Å². The lowest BCUT2D eigenvalue weighted by Crippen LogP contribution is -2.65. The Labute approximate surface area is 247 Å². The molecule has 1 saturated carbocycles. The van der Waals surface area contributed by atoms with E-state index in [-0.39, 0.29) is 36.1 Å². The Kier molecular flexibility index (Phi) is 10.8. The van der Waals surface area contributed by atoms with Crippen LogP contribution in [0.15, 0.2) is 24.3 Å². The highest BCUT2D eigenvalue weighted by atomic mass is 35.5. The van der Waals surface area contributed by atoms with E-state index >= 15 is 0 Å². The monoisotopic (exact) mass is 575 g/mol. The molecule has 224 valence electrons. The van der Waals surface area contributed by atoms with Crippen LogP contribution in [0.5, 0.6) is 0 Å². The van der Waals surface area contributed by atoms with Crippen LogP contribution in [0.2, 0.25) is 11.3 Å². The van der Waals surface area contributed by atoms with Crippen LogP contribution < -0.4 is 16.0 Å². The van der Waals surface area contributed by atoms with Gasteiger partial charge in [0.25, 0.3) is 0 Å². The van der Waals surface area contributed by atoms with E-state index in [1.807, 2.05) is 45.0 Å². The van der Waals surface area contributed by atoms with Crippen molar-refractivity contribution in [3.05, 3.63) is 34.9 Å². The lowest BCUT2D eigenvalue weighted by molar-refractivity contribution is -0.138. The number of hydrogen-bond donors (Lipinski definition) is 3. The second-order valence-corrected chi connectivity index (χ2v) is 14.3. The van der Waals surface area contributed by atoms with Gasteiger partial charge in [0.05, 0.1) is 11.2 Å². The number of amides is 2. The molecule has 9 heteroatoms. The third-order valence-corrected chi connectivity index (χ3v) is 9.04. The van der Waals surface area contributed by atoms with E-state index in [2.05, 4.69) is 43.6 Å². The molecular weight excluding hydrogens is 525 g/mol. The molecule has 1 aliphatic carbocycles. The standard InChI is InChI=1S/C31H51BClN3O4/c1-22(37)35-31(27(38)36-28(2,3)4,19-9-10-20-32-39-29(5,6)30(7,8)40-32)24-13-17-26(18-14-24)34-21-23-11-15-25(33)16-12-23/h11-12,15-16,24,26,34H,9-10,13-14,17-21H2,1-8H3,(H,35,37)(H,36,38)/t24-,26-,31-/m0/s1. The summed E-state index contributed by atoms with van der Waals surface area (Å²) in [6.45, 7) is 16.5. The topological polar surface area (TPSA) is 88.7 Å². The average Bonchev–Trinajstić information content (AvgIpc) is 3.05. The third-order valence-electron chi connectivity index (χ3n) is 8.79. The highest BCUT2D eigenvalue weighted by Crippen LogP contribution is 2.40. The highest BCUT2D eigenvalue weighted by Gasteiger charge is 2.51. The Hall–Kier alpha value is -1.61. The minimum atomic E-state index is -0.948. The first-order valence-corrected chi connectivity index (χ1v) is 15.4. The van der Waals surface area contributed by atoms with E-state index in [4.69, 9.17) is 20.9 Å². The van der Waals surface area contributed by atoms with Crippen molar-refractivity contribution < 1.29 is 18.9 Å². The molecule has 7 nitrogen and oxygen atoms in total. The number of carbonyl (C=O) groups excluding carboxylic acids is 2. The van der Waals surface area contributed by atoms with Crippen molar-refractivity contribution in [1.29, 1.82) is 0 Å². The molecule has 0 radical (unpaired) electrons. The van der Waals surface area contributed by atoms with E-state index in [9.17, 15) is 9.59 Å². The smallest absolute Gasteiger partial charge is 0.403 e. The molecule has 2 fully saturated rings. The summed E-state index contributed by atoms with van der Waals surface area (Å²) in [5.74, 6) is -0.189. The fourth-order valence-corrected chi connectivity index (χ4v) is 6.07. The zero-order valence-electron chi connectivity index (χ0n) is 25.9. The molecule has 1 aromatic carbocycles. The van der Waals surface area contributed by atoms with Gasteiger partial charge in [0.2, 0.25) is 11.8 Å².